The van der Waals surface area contributed by atoms with Gasteiger partial charge in [-0.2, -0.15) is 5.10 Å². The number of carbonyl (C=O) groups excluding carboxylic acids is 1. The lowest BCUT2D eigenvalue weighted by molar-refractivity contribution is 0.262. The standard InChI is InChI=1S/C25H30N6O/c1-25(2,3)18-6-8-20(9-7-18)28-24(32)29-21-12-10-19(11-13-21)27-23-16-22(17-26-30-23)31-14-4-5-15-31/h6-13,16-17H,4-5,14-15H2,1-3H3,(H,27,30)(H2,28,29,32). The van der Waals surface area contributed by atoms with Crippen molar-refractivity contribution < 1.29 is 4.79 Å². The number of benzene rings is 2. The third-order valence-corrected chi connectivity index (χ3v) is 5.54. The Morgan fingerprint density at radius 1 is 0.875 bits per heavy atom. The number of carbonyl (C=O) groups is 1. The molecule has 2 heterocycles. The molecule has 3 N–H and O–H groups in total. The van der Waals surface area contributed by atoms with Crippen molar-refractivity contribution in [3.05, 3.63) is 66.4 Å². The molecule has 7 heteroatoms. The van der Waals surface area contributed by atoms with E-state index >= 15 is 0 Å². The van der Waals surface area contributed by atoms with Crippen molar-refractivity contribution in [2.75, 3.05) is 33.9 Å². The first-order valence-corrected chi connectivity index (χ1v) is 11.0. The van der Waals surface area contributed by atoms with Gasteiger partial charge in [0.05, 0.1) is 11.9 Å². The van der Waals surface area contributed by atoms with Gasteiger partial charge < -0.3 is 20.9 Å². The molecule has 3 aromatic rings. The average molecular weight is 431 g/mol. The van der Waals surface area contributed by atoms with E-state index in [1.807, 2.05) is 54.6 Å². The fraction of sp³-hybridized carbons (Fsp3) is 0.320. The lowest BCUT2D eigenvalue weighted by Crippen LogP contribution is -2.19. The first kappa shape index (κ1) is 21.6. The van der Waals surface area contributed by atoms with Gasteiger partial charge in [0, 0.05) is 36.2 Å². The predicted octanol–water partition coefficient (Wildman–Crippen LogP) is 5.76. The molecule has 1 saturated heterocycles. The van der Waals surface area contributed by atoms with Gasteiger partial charge in [-0.25, -0.2) is 4.79 Å². The van der Waals surface area contributed by atoms with E-state index in [1.54, 1.807) is 6.20 Å². The van der Waals surface area contributed by atoms with Crippen LogP contribution in [0.4, 0.5) is 33.4 Å². The van der Waals surface area contributed by atoms with Gasteiger partial charge in [-0.1, -0.05) is 32.9 Å². The monoisotopic (exact) mass is 430 g/mol. The number of rotatable bonds is 5. The van der Waals surface area contributed by atoms with Gasteiger partial charge in [0.15, 0.2) is 5.82 Å². The molecular weight excluding hydrogens is 400 g/mol. The summed E-state index contributed by atoms with van der Waals surface area (Å²) in [6, 6.07) is 17.2. The molecule has 0 aliphatic carbocycles. The van der Waals surface area contributed by atoms with E-state index < -0.39 is 0 Å². The van der Waals surface area contributed by atoms with Crippen LogP contribution in [0.2, 0.25) is 0 Å². The van der Waals surface area contributed by atoms with Crippen LogP contribution in [0, 0.1) is 0 Å². The summed E-state index contributed by atoms with van der Waals surface area (Å²) in [5, 5.41) is 17.3. The maximum atomic E-state index is 12.3. The minimum atomic E-state index is -0.279. The van der Waals surface area contributed by atoms with Crippen LogP contribution in [-0.4, -0.2) is 29.3 Å². The molecule has 0 saturated carbocycles. The Balaban J connectivity index is 1.32. The molecule has 4 rings (SSSR count). The molecule has 32 heavy (non-hydrogen) atoms. The highest BCUT2D eigenvalue weighted by atomic mass is 16.2. The number of urea groups is 1. The molecule has 1 aliphatic heterocycles. The number of hydrogen-bond acceptors (Lipinski definition) is 5. The molecule has 0 atom stereocenters. The van der Waals surface area contributed by atoms with Gasteiger partial charge in [-0.3, -0.25) is 0 Å². The largest absolute Gasteiger partial charge is 0.370 e. The average Bonchev–Trinajstić information content (AvgIpc) is 3.30. The second-order valence-electron chi connectivity index (χ2n) is 9.10. The normalized spacial score (nSPS) is 13.7. The number of anilines is 5. The highest BCUT2D eigenvalue weighted by molar-refractivity contribution is 5.99. The third kappa shape index (κ3) is 5.55. The van der Waals surface area contributed by atoms with Gasteiger partial charge in [-0.05, 0) is 60.2 Å². The molecule has 2 amide bonds. The minimum absolute atomic E-state index is 0.0810. The van der Waals surface area contributed by atoms with Crippen LogP contribution < -0.4 is 20.9 Å². The third-order valence-electron chi connectivity index (χ3n) is 5.54. The second-order valence-corrected chi connectivity index (χ2v) is 9.10. The highest BCUT2D eigenvalue weighted by Gasteiger charge is 2.14. The Morgan fingerprint density at radius 2 is 1.44 bits per heavy atom. The maximum absolute atomic E-state index is 12.3. The highest BCUT2D eigenvalue weighted by Crippen LogP contribution is 2.25. The first-order chi connectivity index (χ1) is 15.4. The van der Waals surface area contributed by atoms with Crippen LogP contribution in [0.1, 0.15) is 39.2 Å². The van der Waals surface area contributed by atoms with Crippen LogP contribution in [0.15, 0.2) is 60.8 Å². The van der Waals surface area contributed by atoms with Crippen molar-refractivity contribution in [3.8, 4) is 0 Å². The Kier molecular flexibility index (Phi) is 6.25. The summed E-state index contributed by atoms with van der Waals surface area (Å²) >= 11 is 0. The second kappa shape index (κ2) is 9.26. The summed E-state index contributed by atoms with van der Waals surface area (Å²) in [6.07, 6.45) is 4.24. The maximum Gasteiger partial charge on any atom is 0.323 e. The Hall–Kier alpha value is -3.61. The molecule has 7 nitrogen and oxygen atoms in total. The van der Waals surface area contributed by atoms with Crippen molar-refractivity contribution in [2.24, 2.45) is 0 Å². The topological polar surface area (TPSA) is 82.2 Å². The van der Waals surface area contributed by atoms with Gasteiger partial charge >= 0.3 is 6.03 Å². The van der Waals surface area contributed by atoms with E-state index in [0.717, 1.165) is 30.2 Å². The number of nitrogens with zero attached hydrogens (tertiary/aromatic N) is 3. The van der Waals surface area contributed by atoms with Gasteiger partial charge in [-0.15, -0.1) is 5.10 Å². The van der Waals surface area contributed by atoms with Crippen molar-refractivity contribution in [3.63, 3.8) is 0 Å². The first-order valence-electron chi connectivity index (χ1n) is 11.0. The lowest BCUT2D eigenvalue weighted by Gasteiger charge is -2.19. The smallest absolute Gasteiger partial charge is 0.323 e. The number of aromatic nitrogens is 2. The zero-order chi connectivity index (χ0) is 22.6. The summed E-state index contributed by atoms with van der Waals surface area (Å²) in [4.78, 5) is 14.7. The van der Waals surface area contributed by atoms with Crippen molar-refractivity contribution in [1.29, 1.82) is 0 Å². The molecule has 0 unspecified atom stereocenters. The number of nitrogens with one attached hydrogen (secondary N) is 3. The molecular formula is C25H30N6O. The van der Waals surface area contributed by atoms with Crippen LogP contribution in [-0.2, 0) is 5.41 Å². The van der Waals surface area contributed by atoms with Gasteiger partial charge in [0.2, 0.25) is 0 Å². The zero-order valence-corrected chi connectivity index (χ0v) is 18.9. The molecule has 1 aromatic heterocycles. The predicted molar refractivity (Wildman–Crippen MR) is 131 cm³/mol. The fourth-order valence-corrected chi connectivity index (χ4v) is 3.70. The summed E-state index contributed by atoms with van der Waals surface area (Å²) in [7, 11) is 0. The van der Waals surface area contributed by atoms with Crippen LogP contribution in [0.25, 0.3) is 0 Å². The summed E-state index contributed by atoms with van der Waals surface area (Å²) in [5.41, 5.74) is 4.73. The summed E-state index contributed by atoms with van der Waals surface area (Å²) < 4.78 is 0. The van der Waals surface area contributed by atoms with Crippen molar-refractivity contribution in [2.45, 2.75) is 39.0 Å². The van der Waals surface area contributed by atoms with Crippen LogP contribution in [0.3, 0.4) is 0 Å². The lowest BCUT2D eigenvalue weighted by atomic mass is 9.87. The summed E-state index contributed by atoms with van der Waals surface area (Å²) in [6.45, 7) is 8.62. The number of amides is 2. The fourth-order valence-electron chi connectivity index (χ4n) is 3.70. The molecule has 1 aliphatic rings. The van der Waals surface area contributed by atoms with Crippen LogP contribution >= 0.6 is 0 Å². The molecule has 1 fully saturated rings. The Bertz CT molecular complexity index is 1050. The van der Waals surface area contributed by atoms with Crippen molar-refractivity contribution in [1.82, 2.24) is 10.2 Å². The minimum Gasteiger partial charge on any atom is -0.370 e. The Labute approximate surface area is 189 Å². The molecule has 2 aromatic carbocycles. The Morgan fingerprint density at radius 3 is 2.03 bits per heavy atom. The number of hydrogen-bond donors (Lipinski definition) is 3. The van der Waals surface area contributed by atoms with E-state index in [4.69, 9.17) is 0 Å². The molecule has 166 valence electrons. The molecule has 0 bridgehead atoms. The van der Waals surface area contributed by atoms with E-state index in [1.165, 1.54) is 18.4 Å². The van der Waals surface area contributed by atoms with E-state index in [-0.39, 0.29) is 11.4 Å². The quantitative estimate of drug-likeness (QED) is 0.479. The SMILES string of the molecule is CC(C)(C)c1ccc(NC(=O)Nc2ccc(Nc3cc(N4CCCC4)cnn3)cc2)cc1. The zero-order valence-electron chi connectivity index (χ0n) is 18.9. The van der Waals surface area contributed by atoms with E-state index in [2.05, 4.69) is 51.8 Å². The van der Waals surface area contributed by atoms with Crippen LogP contribution in [0.5, 0.6) is 0 Å². The van der Waals surface area contributed by atoms with Gasteiger partial charge in [0.25, 0.3) is 0 Å². The van der Waals surface area contributed by atoms with Gasteiger partial charge in [0.1, 0.15) is 0 Å². The molecule has 0 radical (unpaired) electrons. The van der Waals surface area contributed by atoms with E-state index in [9.17, 15) is 4.79 Å². The molecule has 0 spiro atoms. The summed E-state index contributed by atoms with van der Waals surface area (Å²) in [5.74, 6) is 0.701. The van der Waals surface area contributed by atoms with E-state index in [0.29, 0.717) is 11.5 Å². The van der Waals surface area contributed by atoms with Crippen molar-refractivity contribution >= 4 is 34.6 Å².